The lowest BCUT2D eigenvalue weighted by Gasteiger charge is -2.57. The van der Waals surface area contributed by atoms with Gasteiger partial charge in [-0.1, -0.05) is 103 Å². The topological polar surface area (TPSA) is 97.7 Å². The Hall–Kier alpha value is -1.82. The zero-order chi connectivity index (χ0) is 31.1. The molecule has 0 aromatic heterocycles. The molecule has 0 amide bonds. The van der Waals surface area contributed by atoms with Gasteiger partial charge in [0.2, 0.25) is 5.78 Å². The van der Waals surface area contributed by atoms with E-state index < -0.39 is 23.4 Å². The Balaban J connectivity index is 1.18. The van der Waals surface area contributed by atoms with Crippen LogP contribution < -0.4 is 0 Å². The number of ketones is 3. The minimum atomic E-state index is -1.66. The summed E-state index contributed by atoms with van der Waals surface area (Å²) in [7, 11) is 0. The van der Waals surface area contributed by atoms with Crippen LogP contribution >= 0.6 is 0 Å². The van der Waals surface area contributed by atoms with E-state index in [2.05, 4.69) is 13.8 Å². The van der Waals surface area contributed by atoms with Gasteiger partial charge in [0.05, 0.1) is 0 Å². The van der Waals surface area contributed by atoms with Crippen molar-refractivity contribution in [3.05, 3.63) is 11.6 Å². The van der Waals surface area contributed by atoms with E-state index in [9.17, 15) is 24.3 Å². The van der Waals surface area contributed by atoms with Crippen LogP contribution in [-0.4, -0.2) is 40.6 Å². The molecule has 0 bridgehead atoms. The molecule has 0 aromatic rings. The first-order valence-electron chi connectivity index (χ1n) is 17.7. The van der Waals surface area contributed by atoms with Crippen molar-refractivity contribution in [1.82, 2.24) is 0 Å². The predicted molar refractivity (Wildman–Crippen MR) is 168 cm³/mol. The lowest BCUT2D eigenvalue weighted by molar-refractivity contribution is -0.173. The van der Waals surface area contributed by atoms with Gasteiger partial charge in [-0.2, -0.15) is 0 Å². The summed E-state index contributed by atoms with van der Waals surface area (Å²) in [6, 6.07) is 0. The van der Waals surface area contributed by atoms with Crippen molar-refractivity contribution < 1.29 is 29.0 Å². The summed E-state index contributed by atoms with van der Waals surface area (Å²) in [6.45, 7) is 5.88. The molecule has 4 aliphatic carbocycles. The maximum atomic E-state index is 13.8. The largest absolute Gasteiger partial charge is 0.458 e. The molecule has 4 rings (SSSR count). The normalized spacial score (nSPS) is 33.4. The van der Waals surface area contributed by atoms with Gasteiger partial charge < -0.3 is 9.84 Å². The number of Topliss-reactive ketones (excluding diaryl/α,β-unsaturated/α-hetero) is 2. The molecule has 4 aliphatic rings. The van der Waals surface area contributed by atoms with Crippen LogP contribution in [0.2, 0.25) is 0 Å². The standard InChI is InChI=1S/C37H58O6/c1-4-5-6-7-8-9-10-11-12-13-14-15-16-17-33(41)43-26-32(40)37(42)23-21-30-29-19-18-27-24-28(38)20-22-35(27,2)34(29)31(39)25-36(30,37)3/h24,29-30,34,42H,4-23,25-26H2,1-3H3/t29?,30-,34+,35-,36-,37-/m0/s1. The maximum Gasteiger partial charge on any atom is 0.306 e. The molecule has 0 saturated heterocycles. The number of rotatable bonds is 17. The maximum absolute atomic E-state index is 13.8. The minimum Gasteiger partial charge on any atom is -0.458 e. The number of unbranched alkanes of at least 4 members (excludes halogenated alkanes) is 12. The Kier molecular flexibility index (Phi) is 11.9. The number of fused-ring (bicyclic) bond motifs is 5. The van der Waals surface area contributed by atoms with Crippen molar-refractivity contribution in [2.75, 3.05) is 6.61 Å². The molecule has 3 fully saturated rings. The second-order valence-electron chi connectivity index (χ2n) is 14.9. The molecule has 242 valence electrons. The molecule has 1 N–H and O–H groups in total. The minimum absolute atomic E-state index is 0.0571. The highest BCUT2D eigenvalue weighted by molar-refractivity contribution is 5.95. The third-order valence-electron chi connectivity index (χ3n) is 12.1. The fourth-order valence-corrected chi connectivity index (χ4v) is 9.47. The third-order valence-corrected chi connectivity index (χ3v) is 12.1. The number of aliphatic hydroxyl groups is 1. The first-order chi connectivity index (χ1) is 20.6. The molecule has 0 aromatic carbocycles. The lowest BCUT2D eigenvalue weighted by Crippen LogP contribution is -2.61. The van der Waals surface area contributed by atoms with Crippen molar-refractivity contribution in [3.63, 3.8) is 0 Å². The monoisotopic (exact) mass is 598 g/mol. The summed E-state index contributed by atoms with van der Waals surface area (Å²) in [5.74, 6) is -0.584. The summed E-state index contributed by atoms with van der Waals surface area (Å²) < 4.78 is 5.37. The Labute approximate surface area is 260 Å². The van der Waals surface area contributed by atoms with E-state index in [1.165, 1.54) is 64.2 Å². The molecule has 0 heterocycles. The van der Waals surface area contributed by atoms with Crippen LogP contribution in [0.5, 0.6) is 0 Å². The molecule has 0 aliphatic heterocycles. The fraction of sp³-hybridized carbons (Fsp3) is 0.838. The summed E-state index contributed by atoms with van der Waals surface area (Å²) in [4.78, 5) is 51.7. The Morgan fingerprint density at radius 1 is 0.860 bits per heavy atom. The van der Waals surface area contributed by atoms with Gasteiger partial charge in [0.25, 0.3) is 0 Å². The van der Waals surface area contributed by atoms with E-state index in [0.29, 0.717) is 32.1 Å². The van der Waals surface area contributed by atoms with E-state index >= 15 is 0 Å². The van der Waals surface area contributed by atoms with Gasteiger partial charge in [-0.3, -0.25) is 19.2 Å². The third kappa shape index (κ3) is 7.36. The number of hydrogen-bond acceptors (Lipinski definition) is 6. The average molecular weight is 599 g/mol. The van der Waals surface area contributed by atoms with Crippen LogP contribution in [0.4, 0.5) is 0 Å². The zero-order valence-corrected chi connectivity index (χ0v) is 27.4. The van der Waals surface area contributed by atoms with Crippen molar-refractivity contribution in [2.24, 2.45) is 28.6 Å². The molecule has 43 heavy (non-hydrogen) atoms. The number of carbonyl (C=O) groups is 4. The summed E-state index contributed by atoms with van der Waals surface area (Å²) in [5, 5.41) is 11.8. The van der Waals surface area contributed by atoms with Crippen LogP contribution in [0.25, 0.3) is 0 Å². The highest BCUT2D eigenvalue weighted by Crippen LogP contribution is 2.66. The van der Waals surface area contributed by atoms with Gasteiger partial charge in [-0.05, 0) is 61.9 Å². The van der Waals surface area contributed by atoms with E-state index in [-0.39, 0.29) is 47.1 Å². The second kappa shape index (κ2) is 15.0. The van der Waals surface area contributed by atoms with Gasteiger partial charge in [0.1, 0.15) is 11.4 Å². The van der Waals surface area contributed by atoms with E-state index in [0.717, 1.165) is 37.7 Å². The molecular weight excluding hydrogens is 540 g/mol. The Morgan fingerprint density at radius 3 is 2.09 bits per heavy atom. The van der Waals surface area contributed by atoms with Crippen LogP contribution in [0.15, 0.2) is 11.6 Å². The first kappa shape index (κ1) is 34.1. The number of esters is 1. The fourth-order valence-electron chi connectivity index (χ4n) is 9.47. The molecule has 6 nitrogen and oxygen atoms in total. The van der Waals surface area contributed by atoms with Gasteiger partial charge in [-0.25, -0.2) is 0 Å². The second-order valence-corrected chi connectivity index (χ2v) is 14.9. The highest BCUT2D eigenvalue weighted by Gasteiger charge is 2.68. The van der Waals surface area contributed by atoms with Gasteiger partial charge in [0.15, 0.2) is 12.4 Å². The Morgan fingerprint density at radius 2 is 1.47 bits per heavy atom. The van der Waals surface area contributed by atoms with Crippen molar-refractivity contribution >= 4 is 23.3 Å². The molecular formula is C37H58O6. The SMILES string of the molecule is CCCCCCCCCCCCCCCC(=O)OCC(=O)[C@@]1(O)CC[C@H]2C3CCC4=CC(=O)CC[C@]4(C)[C@H]3C(=O)C[C@@]21C. The van der Waals surface area contributed by atoms with Crippen LogP contribution in [0.3, 0.4) is 0 Å². The molecule has 1 unspecified atom stereocenters. The van der Waals surface area contributed by atoms with Crippen molar-refractivity contribution in [1.29, 1.82) is 0 Å². The predicted octanol–water partition coefficient (Wildman–Crippen LogP) is 8.02. The lowest BCUT2D eigenvalue weighted by atomic mass is 9.46. The number of ether oxygens (including phenoxy) is 1. The summed E-state index contributed by atoms with van der Waals surface area (Å²) >= 11 is 0. The van der Waals surface area contributed by atoms with Crippen LogP contribution in [0.1, 0.15) is 156 Å². The van der Waals surface area contributed by atoms with Gasteiger partial charge >= 0.3 is 5.97 Å². The summed E-state index contributed by atoms with van der Waals surface area (Å²) in [6.07, 6.45) is 22.1. The smallest absolute Gasteiger partial charge is 0.306 e. The van der Waals surface area contributed by atoms with Crippen molar-refractivity contribution in [2.45, 2.75) is 161 Å². The first-order valence-corrected chi connectivity index (χ1v) is 17.7. The Bertz CT molecular complexity index is 1050. The van der Waals surface area contributed by atoms with Crippen LogP contribution in [-0.2, 0) is 23.9 Å². The van der Waals surface area contributed by atoms with Crippen molar-refractivity contribution in [3.8, 4) is 0 Å². The quantitative estimate of drug-likeness (QED) is 0.134. The molecule has 0 spiro atoms. The highest BCUT2D eigenvalue weighted by atomic mass is 16.5. The average Bonchev–Trinajstić information content (AvgIpc) is 3.25. The van der Waals surface area contributed by atoms with Gasteiger partial charge in [0, 0.05) is 30.6 Å². The number of hydrogen-bond donors (Lipinski definition) is 1. The summed E-state index contributed by atoms with van der Waals surface area (Å²) in [5.41, 5.74) is -1.70. The zero-order valence-electron chi connectivity index (χ0n) is 27.4. The van der Waals surface area contributed by atoms with E-state index in [1.807, 2.05) is 6.92 Å². The van der Waals surface area contributed by atoms with E-state index in [4.69, 9.17) is 4.74 Å². The van der Waals surface area contributed by atoms with Gasteiger partial charge in [-0.15, -0.1) is 0 Å². The molecule has 6 atom stereocenters. The molecule has 3 saturated carbocycles. The molecule has 0 radical (unpaired) electrons. The molecule has 6 heteroatoms. The number of allylic oxidation sites excluding steroid dienone is 1. The van der Waals surface area contributed by atoms with Crippen LogP contribution in [0, 0.1) is 28.6 Å². The number of carbonyl (C=O) groups excluding carboxylic acids is 4. The van der Waals surface area contributed by atoms with E-state index in [1.54, 1.807) is 6.08 Å².